The van der Waals surface area contributed by atoms with Crippen LogP contribution in [-0.2, 0) is 4.79 Å². The Morgan fingerprint density at radius 3 is 2.54 bits per heavy atom. The zero-order valence-corrected chi connectivity index (χ0v) is 8.08. The zero-order valence-electron chi connectivity index (χ0n) is 8.08. The third-order valence-electron chi connectivity index (χ3n) is 1.88. The summed E-state index contributed by atoms with van der Waals surface area (Å²) in [5.41, 5.74) is -0.640. The van der Waals surface area contributed by atoms with E-state index in [9.17, 15) is 9.90 Å². The highest BCUT2D eigenvalue weighted by atomic mass is 16.4. The first-order chi connectivity index (χ1) is 5.90. The van der Waals surface area contributed by atoms with Crippen LogP contribution < -0.4 is 0 Å². The van der Waals surface area contributed by atoms with Gasteiger partial charge in [0.25, 0.3) is 0 Å². The maximum absolute atomic E-state index is 10.5. The van der Waals surface area contributed by atoms with Crippen LogP contribution in [0.25, 0.3) is 0 Å². The fourth-order valence-electron chi connectivity index (χ4n) is 0.771. The molecule has 3 heteroatoms. The molecular formula is C10H16O3. The smallest absolute Gasteiger partial charge is 0.335 e. The van der Waals surface area contributed by atoms with Gasteiger partial charge in [-0.2, -0.15) is 0 Å². The van der Waals surface area contributed by atoms with Crippen LogP contribution >= 0.6 is 0 Å². The number of carboxylic acids is 1. The van der Waals surface area contributed by atoms with E-state index in [4.69, 9.17) is 5.11 Å². The van der Waals surface area contributed by atoms with Crippen molar-refractivity contribution in [2.75, 3.05) is 0 Å². The predicted octanol–water partition coefficient (Wildman–Crippen LogP) is 1.73. The SMILES string of the molecule is C=CC(C)=CCCC(C)(O)C(=O)O. The van der Waals surface area contributed by atoms with Crippen molar-refractivity contribution in [2.45, 2.75) is 32.3 Å². The van der Waals surface area contributed by atoms with Crippen molar-refractivity contribution in [3.05, 3.63) is 24.3 Å². The van der Waals surface area contributed by atoms with Gasteiger partial charge in [-0.3, -0.25) is 0 Å². The Labute approximate surface area is 78.4 Å². The molecule has 1 atom stereocenters. The van der Waals surface area contributed by atoms with Crippen molar-refractivity contribution in [3.8, 4) is 0 Å². The fraction of sp³-hybridized carbons (Fsp3) is 0.500. The summed E-state index contributed by atoms with van der Waals surface area (Å²) in [6.07, 6.45) is 4.30. The van der Waals surface area contributed by atoms with E-state index in [1.165, 1.54) is 6.92 Å². The molecule has 2 N–H and O–H groups in total. The van der Waals surface area contributed by atoms with Gasteiger partial charge in [-0.05, 0) is 26.7 Å². The van der Waals surface area contributed by atoms with Gasteiger partial charge in [-0.1, -0.05) is 24.3 Å². The minimum Gasteiger partial charge on any atom is -0.479 e. The van der Waals surface area contributed by atoms with Crippen LogP contribution in [0.15, 0.2) is 24.3 Å². The second kappa shape index (κ2) is 4.82. The Kier molecular flexibility index (Phi) is 4.42. The molecule has 0 spiro atoms. The van der Waals surface area contributed by atoms with Gasteiger partial charge in [0.15, 0.2) is 5.60 Å². The van der Waals surface area contributed by atoms with E-state index in [1.807, 2.05) is 13.0 Å². The molecule has 0 fully saturated rings. The van der Waals surface area contributed by atoms with Crippen molar-refractivity contribution in [2.24, 2.45) is 0 Å². The van der Waals surface area contributed by atoms with E-state index in [2.05, 4.69) is 6.58 Å². The van der Waals surface area contributed by atoms with E-state index in [0.29, 0.717) is 6.42 Å². The molecule has 0 aromatic heterocycles. The van der Waals surface area contributed by atoms with E-state index in [0.717, 1.165) is 5.57 Å². The van der Waals surface area contributed by atoms with Crippen molar-refractivity contribution in [3.63, 3.8) is 0 Å². The van der Waals surface area contributed by atoms with E-state index in [-0.39, 0.29) is 6.42 Å². The molecule has 0 saturated carbocycles. The number of aliphatic carboxylic acids is 1. The number of rotatable bonds is 5. The molecule has 0 heterocycles. The first kappa shape index (κ1) is 11.9. The first-order valence-electron chi connectivity index (χ1n) is 4.15. The summed E-state index contributed by atoms with van der Waals surface area (Å²) in [6, 6.07) is 0. The molecule has 0 amide bonds. The number of allylic oxidation sites excluding steroid dienone is 3. The van der Waals surface area contributed by atoms with Gasteiger partial charge in [-0.25, -0.2) is 4.79 Å². The lowest BCUT2D eigenvalue weighted by Crippen LogP contribution is -2.34. The molecule has 13 heavy (non-hydrogen) atoms. The number of carbonyl (C=O) groups is 1. The molecule has 74 valence electrons. The number of aliphatic hydroxyl groups is 1. The lowest BCUT2D eigenvalue weighted by Gasteiger charge is -2.16. The van der Waals surface area contributed by atoms with Crippen molar-refractivity contribution in [1.82, 2.24) is 0 Å². The van der Waals surface area contributed by atoms with Crippen LogP contribution in [0.5, 0.6) is 0 Å². The maximum atomic E-state index is 10.5. The normalized spacial score (nSPS) is 16.4. The summed E-state index contributed by atoms with van der Waals surface area (Å²) in [5.74, 6) is -1.18. The molecule has 0 aliphatic carbocycles. The Morgan fingerprint density at radius 1 is 1.62 bits per heavy atom. The van der Waals surface area contributed by atoms with Crippen LogP contribution in [0.3, 0.4) is 0 Å². The Hall–Kier alpha value is -1.09. The van der Waals surface area contributed by atoms with Crippen LogP contribution in [-0.4, -0.2) is 21.8 Å². The van der Waals surface area contributed by atoms with Crippen molar-refractivity contribution in [1.29, 1.82) is 0 Å². The average molecular weight is 184 g/mol. The lowest BCUT2D eigenvalue weighted by molar-refractivity contribution is -0.157. The van der Waals surface area contributed by atoms with Crippen molar-refractivity contribution < 1.29 is 15.0 Å². The van der Waals surface area contributed by atoms with Crippen molar-refractivity contribution >= 4 is 5.97 Å². The third kappa shape index (κ3) is 4.48. The summed E-state index contributed by atoms with van der Waals surface area (Å²) < 4.78 is 0. The molecule has 0 aromatic carbocycles. The summed E-state index contributed by atoms with van der Waals surface area (Å²) >= 11 is 0. The van der Waals surface area contributed by atoms with Crippen LogP contribution in [0.2, 0.25) is 0 Å². The Bertz CT molecular complexity index is 226. The highest BCUT2D eigenvalue weighted by molar-refractivity contribution is 5.76. The molecule has 3 nitrogen and oxygen atoms in total. The molecule has 1 unspecified atom stereocenters. The first-order valence-corrected chi connectivity index (χ1v) is 4.15. The summed E-state index contributed by atoms with van der Waals surface area (Å²) in [4.78, 5) is 10.5. The lowest BCUT2D eigenvalue weighted by atomic mass is 10.00. The van der Waals surface area contributed by atoms with Crippen LogP contribution in [0, 0.1) is 0 Å². The quantitative estimate of drug-likeness (QED) is 0.640. The Morgan fingerprint density at radius 2 is 2.15 bits per heavy atom. The van der Waals surface area contributed by atoms with Gasteiger partial charge in [0, 0.05) is 0 Å². The highest BCUT2D eigenvalue weighted by Gasteiger charge is 2.28. The summed E-state index contributed by atoms with van der Waals surface area (Å²) in [7, 11) is 0. The molecule has 0 rings (SSSR count). The summed E-state index contributed by atoms with van der Waals surface area (Å²) in [6.45, 7) is 6.74. The highest BCUT2D eigenvalue weighted by Crippen LogP contribution is 2.13. The van der Waals surface area contributed by atoms with Gasteiger partial charge in [0.05, 0.1) is 0 Å². The minimum absolute atomic E-state index is 0.216. The van der Waals surface area contributed by atoms with E-state index < -0.39 is 11.6 Å². The minimum atomic E-state index is -1.63. The predicted molar refractivity (Wildman–Crippen MR) is 51.4 cm³/mol. The second-order valence-electron chi connectivity index (χ2n) is 3.27. The van der Waals surface area contributed by atoms with Gasteiger partial charge in [0.2, 0.25) is 0 Å². The van der Waals surface area contributed by atoms with Gasteiger partial charge in [0.1, 0.15) is 0 Å². The molecular weight excluding hydrogens is 168 g/mol. The number of carboxylic acid groups (broad SMARTS) is 1. The van der Waals surface area contributed by atoms with Gasteiger partial charge in [-0.15, -0.1) is 0 Å². The van der Waals surface area contributed by atoms with Crippen LogP contribution in [0.4, 0.5) is 0 Å². The second-order valence-corrected chi connectivity index (χ2v) is 3.27. The molecule has 0 aliphatic rings. The van der Waals surface area contributed by atoms with Gasteiger partial charge < -0.3 is 10.2 Å². The maximum Gasteiger partial charge on any atom is 0.335 e. The third-order valence-corrected chi connectivity index (χ3v) is 1.88. The summed E-state index contributed by atoms with van der Waals surface area (Å²) in [5, 5.41) is 17.9. The van der Waals surface area contributed by atoms with E-state index in [1.54, 1.807) is 6.08 Å². The monoisotopic (exact) mass is 184 g/mol. The fourth-order valence-corrected chi connectivity index (χ4v) is 0.771. The number of hydrogen-bond acceptors (Lipinski definition) is 2. The topological polar surface area (TPSA) is 57.5 Å². The number of hydrogen-bond donors (Lipinski definition) is 2. The molecule has 0 aliphatic heterocycles. The Balaban J connectivity index is 4.03. The largest absolute Gasteiger partial charge is 0.479 e. The molecule has 0 aromatic rings. The van der Waals surface area contributed by atoms with Gasteiger partial charge >= 0.3 is 5.97 Å². The molecule has 0 bridgehead atoms. The standard InChI is InChI=1S/C10H16O3/c1-4-8(2)6-5-7-10(3,13)9(11)12/h4,6,13H,1,5,7H2,2-3H3,(H,11,12). The van der Waals surface area contributed by atoms with E-state index >= 15 is 0 Å². The zero-order chi connectivity index (χ0) is 10.5. The molecule has 0 radical (unpaired) electrons. The van der Waals surface area contributed by atoms with Crippen LogP contribution in [0.1, 0.15) is 26.7 Å². The average Bonchev–Trinajstić information content (AvgIpc) is 2.03. The molecule has 0 saturated heterocycles.